The molecule has 1 aromatic rings. The third-order valence-electron chi connectivity index (χ3n) is 6.07. The number of carbonyl (C=O) groups is 2. The van der Waals surface area contributed by atoms with E-state index in [2.05, 4.69) is 24.8 Å². The van der Waals surface area contributed by atoms with E-state index < -0.39 is 0 Å². The molecule has 160 valence electrons. The zero-order valence-electron chi connectivity index (χ0n) is 17.9. The van der Waals surface area contributed by atoms with Gasteiger partial charge in [-0.25, -0.2) is 0 Å². The summed E-state index contributed by atoms with van der Waals surface area (Å²) in [5.41, 5.74) is 1.11. The van der Waals surface area contributed by atoms with Crippen LogP contribution >= 0.6 is 11.6 Å². The third kappa shape index (κ3) is 6.11. The first-order valence-corrected chi connectivity index (χ1v) is 11.3. The average Bonchev–Trinajstić information content (AvgIpc) is 2.67. The van der Waals surface area contributed by atoms with Gasteiger partial charge >= 0.3 is 0 Å². The van der Waals surface area contributed by atoms with E-state index in [0.29, 0.717) is 37.8 Å². The van der Waals surface area contributed by atoms with Gasteiger partial charge in [-0.1, -0.05) is 38.4 Å². The summed E-state index contributed by atoms with van der Waals surface area (Å²) in [4.78, 5) is 31.6. The van der Waals surface area contributed by atoms with Gasteiger partial charge in [0.2, 0.25) is 11.8 Å². The van der Waals surface area contributed by atoms with E-state index in [0.717, 1.165) is 36.9 Å². The molecule has 3 rings (SSSR count). The molecule has 0 aromatic heterocycles. The summed E-state index contributed by atoms with van der Waals surface area (Å²) >= 11 is 6.09. The Balaban J connectivity index is 1.44. The number of hydrogen-bond acceptors (Lipinski definition) is 3. The van der Waals surface area contributed by atoms with E-state index in [1.165, 1.54) is 6.42 Å². The van der Waals surface area contributed by atoms with Crippen molar-refractivity contribution in [3.05, 3.63) is 29.3 Å². The molecule has 6 heteroatoms. The molecule has 29 heavy (non-hydrogen) atoms. The lowest BCUT2D eigenvalue weighted by atomic mass is 9.91. The summed E-state index contributed by atoms with van der Waals surface area (Å²) in [6, 6.07) is 7.85. The fourth-order valence-corrected chi connectivity index (χ4v) is 4.86. The summed E-state index contributed by atoms with van der Waals surface area (Å²) < 4.78 is 0. The zero-order chi connectivity index (χ0) is 21.0. The smallest absolute Gasteiger partial charge is 0.222 e. The number of likely N-dealkylation sites (tertiary alicyclic amines) is 1. The number of anilines is 1. The van der Waals surface area contributed by atoms with Gasteiger partial charge in [0.1, 0.15) is 0 Å². The van der Waals surface area contributed by atoms with Crippen molar-refractivity contribution < 1.29 is 9.59 Å². The highest BCUT2D eigenvalue weighted by Crippen LogP contribution is 2.24. The molecule has 0 aliphatic carbocycles. The van der Waals surface area contributed by atoms with Crippen molar-refractivity contribution in [1.82, 2.24) is 9.80 Å². The monoisotopic (exact) mass is 419 g/mol. The SMILES string of the molecule is C[C@H](CC(=O)N1CCN(c2cccc(Cl)c2)CC1)CC(=O)N1C[C@H](C)C[C@@H](C)C1. The van der Waals surface area contributed by atoms with Crippen LogP contribution in [0.3, 0.4) is 0 Å². The molecule has 3 atom stereocenters. The van der Waals surface area contributed by atoms with Crippen LogP contribution in [0, 0.1) is 17.8 Å². The van der Waals surface area contributed by atoms with Crippen molar-refractivity contribution >= 4 is 29.1 Å². The molecule has 5 nitrogen and oxygen atoms in total. The lowest BCUT2D eigenvalue weighted by Crippen LogP contribution is -2.49. The fourth-order valence-electron chi connectivity index (χ4n) is 4.68. The van der Waals surface area contributed by atoms with Gasteiger partial charge < -0.3 is 14.7 Å². The minimum atomic E-state index is 0.0773. The van der Waals surface area contributed by atoms with E-state index in [1.54, 1.807) is 0 Å². The number of carbonyl (C=O) groups excluding carboxylic acids is 2. The van der Waals surface area contributed by atoms with Crippen molar-refractivity contribution in [3.63, 3.8) is 0 Å². The number of amides is 2. The highest BCUT2D eigenvalue weighted by atomic mass is 35.5. The van der Waals surface area contributed by atoms with Gasteiger partial charge in [-0.2, -0.15) is 0 Å². The Kier molecular flexibility index (Phi) is 7.44. The fraction of sp³-hybridized carbons (Fsp3) is 0.652. The summed E-state index contributed by atoms with van der Waals surface area (Å²) in [5.74, 6) is 1.57. The van der Waals surface area contributed by atoms with Crippen LogP contribution in [-0.4, -0.2) is 60.9 Å². The van der Waals surface area contributed by atoms with Crippen molar-refractivity contribution in [2.75, 3.05) is 44.2 Å². The van der Waals surface area contributed by atoms with Gasteiger partial charge in [-0.3, -0.25) is 9.59 Å². The number of piperazine rings is 1. The number of hydrogen-bond donors (Lipinski definition) is 0. The second-order valence-corrected chi connectivity index (χ2v) is 9.54. The van der Waals surface area contributed by atoms with Gasteiger partial charge in [-0.15, -0.1) is 0 Å². The number of rotatable bonds is 5. The largest absolute Gasteiger partial charge is 0.368 e. The Hall–Kier alpha value is -1.75. The molecule has 2 aliphatic rings. The van der Waals surface area contributed by atoms with E-state index in [-0.39, 0.29) is 17.7 Å². The molecule has 0 radical (unpaired) electrons. The number of halogens is 1. The van der Waals surface area contributed by atoms with Crippen LogP contribution in [-0.2, 0) is 9.59 Å². The van der Waals surface area contributed by atoms with E-state index in [4.69, 9.17) is 11.6 Å². The number of benzene rings is 1. The molecule has 2 fully saturated rings. The molecule has 0 spiro atoms. The van der Waals surface area contributed by atoms with Crippen LogP contribution < -0.4 is 4.90 Å². The van der Waals surface area contributed by atoms with Gasteiger partial charge in [0, 0.05) is 62.8 Å². The predicted octanol–water partition coefficient (Wildman–Crippen LogP) is 3.91. The second kappa shape index (κ2) is 9.84. The molecule has 0 bridgehead atoms. The van der Waals surface area contributed by atoms with Crippen molar-refractivity contribution in [2.45, 2.75) is 40.0 Å². The summed E-state index contributed by atoms with van der Waals surface area (Å²) in [6.07, 6.45) is 2.11. The first-order chi connectivity index (χ1) is 13.8. The Morgan fingerprint density at radius 2 is 1.59 bits per heavy atom. The van der Waals surface area contributed by atoms with Gasteiger partial charge in [-0.05, 0) is 42.4 Å². The Bertz CT molecular complexity index is 708. The summed E-state index contributed by atoms with van der Waals surface area (Å²) in [7, 11) is 0. The highest BCUT2D eigenvalue weighted by Gasteiger charge is 2.28. The summed E-state index contributed by atoms with van der Waals surface area (Å²) in [5, 5.41) is 0.733. The van der Waals surface area contributed by atoms with Crippen LogP contribution in [0.5, 0.6) is 0 Å². The molecule has 2 amide bonds. The standard InChI is InChI=1S/C23H34ClN3O2/c1-17(13-23(29)27-15-18(2)11-19(3)16-27)12-22(28)26-9-7-25(8-10-26)21-6-4-5-20(24)14-21/h4-6,14,17-19H,7-13,15-16H2,1-3H3/t17-,18-,19-/m1/s1. The topological polar surface area (TPSA) is 43.9 Å². The molecule has 2 aliphatic heterocycles. The van der Waals surface area contributed by atoms with Gasteiger partial charge in [0.05, 0.1) is 0 Å². The van der Waals surface area contributed by atoms with E-state index >= 15 is 0 Å². The molecule has 2 heterocycles. The minimum Gasteiger partial charge on any atom is -0.368 e. The van der Waals surface area contributed by atoms with Crippen LogP contribution in [0.15, 0.2) is 24.3 Å². The second-order valence-electron chi connectivity index (χ2n) is 9.11. The maximum Gasteiger partial charge on any atom is 0.222 e. The van der Waals surface area contributed by atoms with Gasteiger partial charge in [0.25, 0.3) is 0 Å². The van der Waals surface area contributed by atoms with Crippen LogP contribution in [0.4, 0.5) is 5.69 Å². The highest BCUT2D eigenvalue weighted by molar-refractivity contribution is 6.30. The molecule has 0 saturated carbocycles. The minimum absolute atomic E-state index is 0.0773. The van der Waals surface area contributed by atoms with Crippen LogP contribution in [0.1, 0.15) is 40.0 Å². The predicted molar refractivity (Wildman–Crippen MR) is 118 cm³/mol. The summed E-state index contributed by atoms with van der Waals surface area (Å²) in [6.45, 7) is 11.2. The first kappa shape index (κ1) is 21.9. The number of nitrogens with zero attached hydrogens (tertiary/aromatic N) is 3. The van der Waals surface area contributed by atoms with Crippen LogP contribution in [0.25, 0.3) is 0 Å². The van der Waals surface area contributed by atoms with Crippen molar-refractivity contribution in [1.29, 1.82) is 0 Å². The molecule has 0 N–H and O–H groups in total. The lowest BCUT2D eigenvalue weighted by molar-refractivity contribution is -0.136. The Morgan fingerprint density at radius 3 is 2.17 bits per heavy atom. The first-order valence-electron chi connectivity index (χ1n) is 10.9. The van der Waals surface area contributed by atoms with Crippen molar-refractivity contribution in [3.8, 4) is 0 Å². The zero-order valence-corrected chi connectivity index (χ0v) is 18.7. The van der Waals surface area contributed by atoms with Crippen molar-refractivity contribution in [2.24, 2.45) is 17.8 Å². The lowest BCUT2D eigenvalue weighted by Gasteiger charge is -2.37. The maximum absolute atomic E-state index is 12.7. The average molecular weight is 420 g/mol. The molecule has 2 saturated heterocycles. The third-order valence-corrected chi connectivity index (χ3v) is 6.31. The molecular weight excluding hydrogens is 386 g/mol. The van der Waals surface area contributed by atoms with E-state index in [9.17, 15) is 9.59 Å². The van der Waals surface area contributed by atoms with Gasteiger partial charge in [0.15, 0.2) is 0 Å². The molecular formula is C23H34ClN3O2. The normalized spacial score (nSPS) is 23.8. The molecule has 0 unspecified atom stereocenters. The Morgan fingerprint density at radius 1 is 1.00 bits per heavy atom. The number of piperidine rings is 1. The van der Waals surface area contributed by atoms with Crippen LogP contribution in [0.2, 0.25) is 5.02 Å². The quantitative estimate of drug-likeness (QED) is 0.726. The Labute approximate surface area is 180 Å². The van der Waals surface area contributed by atoms with E-state index in [1.807, 2.05) is 34.9 Å². The molecule has 1 aromatic carbocycles. The maximum atomic E-state index is 12.7.